The van der Waals surface area contributed by atoms with E-state index in [4.69, 9.17) is 23.2 Å². The van der Waals surface area contributed by atoms with E-state index in [1.807, 2.05) is 6.07 Å². The van der Waals surface area contributed by atoms with E-state index < -0.39 is 5.82 Å². The molecule has 3 rings (SSSR count). The number of aliphatic imine (C=N–C) groups is 1. The lowest BCUT2D eigenvalue weighted by Crippen LogP contribution is -2.33. The van der Waals surface area contributed by atoms with Crippen LogP contribution in [0.15, 0.2) is 47.5 Å². The summed E-state index contributed by atoms with van der Waals surface area (Å²) in [6.07, 6.45) is 0. The number of benzene rings is 2. The fourth-order valence-electron chi connectivity index (χ4n) is 2.30. The zero-order chi connectivity index (χ0) is 17.1. The molecule has 3 nitrogen and oxygen atoms in total. The average molecular weight is 383 g/mol. The van der Waals surface area contributed by atoms with Crippen LogP contribution in [0.5, 0.6) is 0 Å². The van der Waals surface area contributed by atoms with E-state index in [0.29, 0.717) is 34.1 Å². The lowest BCUT2D eigenvalue weighted by Gasteiger charge is -2.18. The first-order valence-corrected chi connectivity index (χ1v) is 8.98. The van der Waals surface area contributed by atoms with Gasteiger partial charge in [0.2, 0.25) is 0 Å². The number of carbonyl (C=O) groups excluding carboxylic acids is 1. The van der Waals surface area contributed by atoms with Gasteiger partial charge in [-0.3, -0.25) is 14.7 Å². The molecule has 0 atom stereocenters. The first-order valence-electron chi connectivity index (χ1n) is 7.24. The van der Waals surface area contributed by atoms with Crippen molar-refractivity contribution in [2.24, 2.45) is 4.99 Å². The van der Waals surface area contributed by atoms with Gasteiger partial charge in [0.15, 0.2) is 5.17 Å². The van der Waals surface area contributed by atoms with Gasteiger partial charge in [-0.05, 0) is 29.8 Å². The van der Waals surface area contributed by atoms with Crippen molar-refractivity contribution in [1.82, 2.24) is 4.90 Å². The summed E-state index contributed by atoms with van der Waals surface area (Å²) in [6.45, 7) is 0.973. The maximum atomic E-state index is 13.8. The minimum atomic E-state index is -0.525. The van der Waals surface area contributed by atoms with Crippen LogP contribution in [0.3, 0.4) is 0 Å². The maximum absolute atomic E-state index is 13.8. The molecule has 1 aliphatic rings. The lowest BCUT2D eigenvalue weighted by atomic mass is 10.2. The second-order valence-electron chi connectivity index (χ2n) is 5.14. The minimum Gasteiger partial charge on any atom is -0.285 e. The topological polar surface area (TPSA) is 32.7 Å². The Kier molecular flexibility index (Phi) is 5.43. The van der Waals surface area contributed by atoms with Gasteiger partial charge in [-0.15, -0.1) is 0 Å². The molecule has 0 radical (unpaired) electrons. The normalized spacial score (nSPS) is 14.0. The van der Waals surface area contributed by atoms with Gasteiger partial charge in [0.25, 0.3) is 5.91 Å². The van der Waals surface area contributed by atoms with Crippen molar-refractivity contribution in [2.45, 2.75) is 5.75 Å². The maximum Gasteiger partial charge on any atom is 0.262 e. The van der Waals surface area contributed by atoms with Crippen LogP contribution < -0.4 is 0 Å². The number of nitrogens with zero attached hydrogens (tertiary/aromatic N) is 2. The predicted octanol–water partition coefficient (Wildman–Crippen LogP) is 4.88. The smallest absolute Gasteiger partial charge is 0.262 e. The van der Waals surface area contributed by atoms with Crippen LogP contribution in [0.1, 0.15) is 15.9 Å². The fraction of sp³-hybridized carbons (Fsp3) is 0.176. The van der Waals surface area contributed by atoms with Crippen molar-refractivity contribution >= 4 is 46.0 Å². The number of thioether (sulfide) groups is 1. The molecular formula is C17H13Cl2FN2OS. The molecule has 0 bridgehead atoms. The van der Waals surface area contributed by atoms with Crippen LogP contribution in [-0.2, 0) is 5.75 Å². The predicted molar refractivity (Wildman–Crippen MR) is 97.5 cm³/mol. The molecule has 0 fully saturated rings. The summed E-state index contributed by atoms with van der Waals surface area (Å²) in [4.78, 5) is 18.4. The molecule has 0 aliphatic carbocycles. The van der Waals surface area contributed by atoms with Crippen LogP contribution in [-0.4, -0.2) is 29.1 Å². The highest BCUT2D eigenvalue weighted by Gasteiger charge is 2.26. The van der Waals surface area contributed by atoms with Crippen LogP contribution in [0.2, 0.25) is 10.0 Å². The molecule has 0 saturated carbocycles. The molecule has 2 aromatic rings. The minimum absolute atomic E-state index is 0.0576. The van der Waals surface area contributed by atoms with E-state index in [2.05, 4.69) is 4.99 Å². The van der Waals surface area contributed by atoms with Gasteiger partial charge in [-0.2, -0.15) is 0 Å². The average Bonchev–Trinajstić information content (AvgIpc) is 3.04. The summed E-state index contributed by atoms with van der Waals surface area (Å²) < 4.78 is 13.8. The molecule has 2 aromatic carbocycles. The third kappa shape index (κ3) is 3.74. The van der Waals surface area contributed by atoms with Gasteiger partial charge >= 0.3 is 0 Å². The summed E-state index contributed by atoms with van der Waals surface area (Å²) in [5, 5.41) is 1.58. The number of hydrogen-bond acceptors (Lipinski definition) is 3. The Morgan fingerprint density at radius 3 is 2.75 bits per heavy atom. The molecule has 0 spiro atoms. The SMILES string of the molecule is O=C(c1ccccc1F)N1CCN=C1SCc1ccc(Cl)c(Cl)c1. The van der Waals surface area contributed by atoms with Crippen molar-refractivity contribution < 1.29 is 9.18 Å². The quantitative estimate of drug-likeness (QED) is 0.757. The summed E-state index contributed by atoms with van der Waals surface area (Å²) in [6, 6.07) is 11.4. The third-order valence-electron chi connectivity index (χ3n) is 3.50. The molecule has 7 heteroatoms. The second kappa shape index (κ2) is 7.55. The Labute approximate surface area is 153 Å². The van der Waals surface area contributed by atoms with Crippen molar-refractivity contribution in [3.63, 3.8) is 0 Å². The molecule has 24 heavy (non-hydrogen) atoms. The summed E-state index contributed by atoms with van der Waals surface area (Å²) in [5.74, 6) is -0.300. The van der Waals surface area contributed by atoms with Gasteiger partial charge in [-0.25, -0.2) is 4.39 Å². The molecule has 1 aliphatic heterocycles. The van der Waals surface area contributed by atoms with Gasteiger partial charge < -0.3 is 0 Å². The highest BCUT2D eigenvalue weighted by atomic mass is 35.5. The zero-order valence-electron chi connectivity index (χ0n) is 12.5. The Hall–Kier alpha value is -1.56. The molecule has 0 saturated heterocycles. The van der Waals surface area contributed by atoms with Crippen molar-refractivity contribution in [3.8, 4) is 0 Å². The number of hydrogen-bond donors (Lipinski definition) is 0. The van der Waals surface area contributed by atoms with Gasteiger partial charge in [0.1, 0.15) is 5.82 Å². The van der Waals surface area contributed by atoms with Crippen molar-refractivity contribution in [2.75, 3.05) is 13.1 Å². The molecule has 124 valence electrons. The Balaban J connectivity index is 1.70. The highest BCUT2D eigenvalue weighted by molar-refractivity contribution is 8.13. The van der Waals surface area contributed by atoms with E-state index in [1.54, 1.807) is 24.3 Å². The Morgan fingerprint density at radius 2 is 2.00 bits per heavy atom. The van der Waals surface area contributed by atoms with Crippen LogP contribution in [0.4, 0.5) is 4.39 Å². The standard InChI is InChI=1S/C17H13Cl2FN2OS/c18-13-6-5-11(9-14(13)19)10-24-17-21-7-8-22(17)16(23)12-3-1-2-4-15(12)20/h1-6,9H,7-8,10H2. The molecule has 0 aromatic heterocycles. The Bertz CT molecular complexity index is 813. The van der Waals surface area contributed by atoms with E-state index >= 15 is 0 Å². The fourth-order valence-corrected chi connectivity index (χ4v) is 3.60. The van der Waals surface area contributed by atoms with Gasteiger partial charge in [0, 0.05) is 12.3 Å². The largest absolute Gasteiger partial charge is 0.285 e. The van der Waals surface area contributed by atoms with Crippen molar-refractivity contribution in [3.05, 3.63) is 69.5 Å². The monoisotopic (exact) mass is 382 g/mol. The summed E-state index contributed by atoms with van der Waals surface area (Å²) >= 11 is 13.3. The molecule has 0 unspecified atom stereocenters. The van der Waals surface area contributed by atoms with Gasteiger partial charge in [0.05, 0.1) is 22.2 Å². The Morgan fingerprint density at radius 1 is 1.21 bits per heavy atom. The molecule has 0 N–H and O–H groups in total. The molecule has 1 heterocycles. The summed E-state index contributed by atoms with van der Waals surface area (Å²) in [5.41, 5.74) is 1.03. The summed E-state index contributed by atoms with van der Waals surface area (Å²) in [7, 11) is 0. The third-order valence-corrected chi connectivity index (χ3v) is 5.33. The van der Waals surface area contributed by atoms with E-state index in [-0.39, 0.29) is 11.5 Å². The highest BCUT2D eigenvalue weighted by Crippen LogP contribution is 2.27. The number of amidine groups is 1. The van der Waals surface area contributed by atoms with E-state index in [0.717, 1.165) is 5.56 Å². The van der Waals surface area contributed by atoms with Crippen LogP contribution >= 0.6 is 35.0 Å². The number of halogens is 3. The van der Waals surface area contributed by atoms with Crippen LogP contribution in [0, 0.1) is 5.82 Å². The number of carbonyl (C=O) groups is 1. The second-order valence-corrected chi connectivity index (χ2v) is 6.89. The van der Waals surface area contributed by atoms with E-state index in [1.165, 1.54) is 28.8 Å². The molecule has 1 amide bonds. The number of rotatable bonds is 3. The van der Waals surface area contributed by atoms with E-state index in [9.17, 15) is 9.18 Å². The van der Waals surface area contributed by atoms with Crippen LogP contribution in [0.25, 0.3) is 0 Å². The first-order chi connectivity index (χ1) is 11.6. The zero-order valence-corrected chi connectivity index (χ0v) is 14.8. The van der Waals surface area contributed by atoms with Crippen molar-refractivity contribution in [1.29, 1.82) is 0 Å². The first kappa shape index (κ1) is 17.3. The number of amides is 1. The lowest BCUT2D eigenvalue weighted by molar-refractivity contribution is 0.0856. The molecular weight excluding hydrogens is 370 g/mol. The van der Waals surface area contributed by atoms with Gasteiger partial charge in [-0.1, -0.05) is 53.2 Å².